The Balaban J connectivity index is 1.75. The lowest BCUT2D eigenvalue weighted by molar-refractivity contribution is 0.102. The van der Waals surface area contributed by atoms with E-state index in [4.69, 9.17) is 0 Å². The summed E-state index contributed by atoms with van der Waals surface area (Å²) in [6.45, 7) is 0.172. The number of carbonyl (C=O) groups excluding carboxylic acids is 1. The van der Waals surface area contributed by atoms with Crippen LogP contribution in [0.3, 0.4) is 0 Å². The van der Waals surface area contributed by atoms with Gasteiger partial charge in [-0.05, 0) is 81.0 Å². The minimum Gasteiger partial charge on any atom is -0.395 e. The van der Waals surface area contributed by atoms with E-state index in [1.165, 1.54) is 16.4 Å². The Hall–Kier alpha value is -0.660. The standard InChI is InChI=1S/C18H18BrIN2O4S2/c19-16-6-1-12(9-17(16)20)18(24)21-13-2-4-15(5-3-13)28(25,26)22-7-8-27-11-14(22)10-23/h1-6,9,14,23H,7-8,10-11H2,(H,21,24). The van der Waals surface area contributed by atoms with Crippen LogP contribution in [0.1, 0.15) is 10.4 Å². The lowest BCUT2D eigenvalue weighted by atomic mass is 10.2. The second kappa shape index (κ2) is 9.43. The zero-order valence-electron chi connectivity index (χ0n) is 14.6. The molecule has 1 fully saturated rings. The molecule has 1 atom stereocenters. The van der Waals surface area contributed by atoms with Crippen LogP contribution in [0, 0.1) is 3.57 Å². The number of nitrogens with one attached hydrogen (secondary N) is 1. The Labute approximate surface area is 190 Å². The minimum atomic E-state index is -3.69. The molecule has 28 heavy (non-hydrogen) atoms. The number of carbonyl (C=O) groups is 1. The van der Waals surface area contributed by atoms with Gasteiger partial charge in [0, 0.05) is 37.3 Å². The number of hydrogen-bond donors (Lipinski definition) is 2. The zero-order chi connectivity index (χ0) is 20.3. The molecule has 2 N–H and O–H groups in total. The van der Waals surface area contributed by atoms with E-state index in [0.29, 0.717) is 29.3 Å². The normalized spacial score (nSPS) is 18.0. The smallest absolute Gasteiger partial charge is 0.255 e. The topological polar surface area (TPSA) is 86.7 Å². The van der Waals surface area contributed by atoms with Gasteiger partial charge in [0.1, 0.15) is 0 Å². The van der Waals surface area contributed by atoms with E-state index in [2.05, 4.69) is 43.8 Å². The highest BCUT2D eigenvalue weighted by molar-refractivity contribution is 14.1. The zero-order valence-corrected chi connectivity index (χ0v) is 20.0. The van der Waals surface area contributed by atoms with Gasteiger partial charge in [-0.3, -0.25) is 4.79 Å². The summed E-state index contributed by atoms with van der Waals surface area (Å²) in [6, 6.07) is 11.0. The molecule has 1 heterocycles. The molecule has 2 aromatic carbocycles. The van der Waals surface area contributed by atoms with Crippen LogP contribution in [0.4, 0.5) is 5.69 Å². The first kappa shape index (κ1) is 22.0. The molecule has 0 radical (unpaired) electrons. The molecule has 1 aliphatic rings. The lowest BCUT2D eigenvalue weighted by Gasteiger charge is -2.33. The molecule has 1 saturated heterocycles. The third kappa shape index (κ3) is 4.90. The van der Waals surface area contributed by atoms with Crippen molar-refractivity contribution in [3.63, 3.8) is 0 Å². The third-order valence-electron chi connectivity index (χ3n) is 4.28. The molecule has 10 heteroatoms. The van der Waals surface area contributed by atoms with Gasteiger partial charge >= 0.3 is 0 Å². The fraction of sp³-hybridized carbons (Fsp3) is 0.278. The highest BCUT2D eigenvalue weighted by atomic mass is 127. The van der Waals surface area contributed by atoms with Crippen LogP contribution in [0.5, 0.6) is 0 Å². The average Bonchev–Trinajstić information content (AvgIpc) is 2.70. The number of amides is 1. The summed E-state index contributed by atoms with van der Waals surface area (Å²) in [6.07, 6.45) is 0. The van der Waals surface area contributed by atoms with Crippen LogP contribution in [0.15, 0.2) is 51.8 Å². The molecular formula is C18H18BrIN2O4S2. The molecule has 0 aromatic heterocycles. The summed E-state index contributed by atoms with van der Waals surface area (Å²) in [5.74, 6) is 1.01. The maximum absolute atomic E-state index is 12.9. The average molecular weight is 597 g/mol. The van der Waals surface area contributed by atoms with Crippen LogP contribution < -0.4 is 5.32 Å². The van der Waals surface area contributed by atoms with E-state index in [-0.39, 0.29) is 17.4 Å². The quantitative estimate of drug-likeness (QED) is 0.517. The molecule has 0 bridgehead atoms. The molecule has 1 amide bonds. The van der Waals surface area contributed by atoms with Crippen LogP contribution >= 0.6 is 50.3 Å². The van der Waals surface area contributed by atoms with Crippen LogP contribution in [-0.2, 0) is 10.0 Å². The Morgan fingerprint density at radius 3 is 2.64 bits per heavy atom. The van der Waals surface area contributed by atoms with Gasteiger partial charge < -0.3 is 10.4 Å². The number of benzene rings is 2. The molecule has 6 nitrogen and oxygen atoms in total. The summed E-state index contributed by atoms with van der Waals surface area (Å²) in [7, 11) is -3.69. The number of sulfonamides is 1. The SMILES string of the molecule is O=C(Nc1ccc(S(=O)(=O)N2CCSCC2CO)cc1)c1ccc(Br)c(I)c1. The van der Waals surface area contributed by atoms with Gasteiger partial charge in [-0.25, -0.2) is 8.42 Å². The van der Waals surface area contributed by atoms with Crippen molar-refractivity contribution in [2.45, 2.75) is 10.9 Å². The Morgan fingerprint density at radius 1 is 1.29 bits per heavy atom. The monoisotopic (exact) mass is 596 g/mol. The van der Waals surface area contributed by atoms with Gasteiger partial charge in [0.05, 0.1) is 17.5 Å². The van der Waals surface area contributed by atoms with Gasteiger partial charge in [-0.15, -0.1) is 0 Å². The van der Waals surface area contributed by atoms with Gasteiger partial charge in [0.15, 0.2) is 0 Å². The number of hydrogen-bond acceptors (Lipinski definition) is 5. The largest absolute Gasteiger partial charge is 0.395 e. The van der Waals surface area contributed by atoms with E-state index in [1.54, 1.807) is 42.1 Å². The molecule has 3 rings (SSSR count). The van der Waals surface area contributed by atoms with Crippen molar-refractivity contribution in [3.8, 4) is 0 Å². The van der Waals surface area contributed by atoms with E-state index >= 15 is 0 Å². The summed E-state index contributed by atoms with van der Waals surface area (Å²) < 4.78 is 29.0. The molecule has 0 saturated carbocycles. The first-order valence-corrected chi connectivity index (χ1v) is 12.9. The second-order valence-corrected chi connectivity index (χ2v) is 11.2. The number of nitrogens with zero attached hydrogens (tertiary/aromatic N) is 1. The highest BCUT2D eigenvalue weighted by Gasteiger charge is 2.33. The van der Waals surface area contributed by atoms with Gasteiger partial charge in [-0.1, -0.05) is 0 Å². The van der Waals surface area contributed by atoms with Crippen molar-refractivity contribution in [1.82, 2.24) is 4.31 Å². The fourth-order valence-electron chi connectivity index (χ4n) is 2.79. The molecule has 1 aliphatic heterocycles. The van der Waals surface area contributed by atoms with Gasteiger partial charge in [-0.2, -0.15) is 16.1 Å². The Kier molecular flexibility index (Phi) is 7.42. The lowest BCUT2D eigenvalue weighted by Crippen LogP contribution is -2.47. The Morgan fingerprint density at radius 2 is 2.00 bits per heavy atom. The minimum absolute atomic E-state index is 0.147. The van der Waals surface area contributed by atoms with Crippen molar-refractivity contribution in [1.29, 1.82) is 0 Å². The molecule has 1 unspecified atom stereocenters. The first-order chi connectivity index (χ1) is 13.3. The predicted octanol–water partition coefficient (Wildman–Crippen LogP) is 3.40. The van der Waals surface area contributed by atoms with E-state index in [0.717, 1.165) is 8.04 Å². The summed E-state index contributed by atoms with van der Waals surface area (Å²) in [5.41, 5.74) is 1.02. The molecular weight excluding hydrogens is 579 g/mol. The van der Waals surface area contributed by atoms with Crippen LogP contribution in [0.25, 0.3) is 0 Å². The molecule has 0 aliphatic carbocycles. The van der Waals surface area contributed by atoms with E-state index in [1.807, 2.05) is 0 Å². The number of thioether (sulfide) groups is 1. The van der Waals surface area contributed by atoms with Crippen molar-refractivity contribution >= 4 is 71.9 Å². The second-order valence-electron chi connectivity index (χ2n) is 6.13. The van der Waals surface area contributed by atoms with Crippen molar-refractivity contribution in [3.05, 3.63) is 56.1 Å². The predicted molar refractivity (Wildman–Crippen MR) is 123 cm³/mol. The van der Waals surface area contributed by atoms with Crippen molar-refractivity contribution in [2.24, 2.45) is 0 Å². The van der Waals surface area contributed by atoms with Crippen LogP contribution in [-0.4, -0.2) is 54.4 Å². The molecule has 2 aromatic rings. The number of anilines is 1. The number of rotatable bonds is 5. The fourth-order valence-corrected chi connectivity index (χ4v) is 6.42. The number of aliphatic hydroxyl groups is 1. The van der Waals surface area contributed by atoms with E-state index in [9.17, 15) is 18.3 Å². The van der Waals surface area contributed by atoms with Gasteiger partial charge in [0.2, 0.25) is 10.0 Å². The number of aliphatic hydroxyl groups excluding tert-OH is 1. The molecule has 150 valence electrons. The summed E-state index contributed by atoms with van der Waals surface area (Å²) in [4.78, 5) is 12.5. The summed E-state index contributed by atoms with van der Waals surface area (Å²) in [5, 5.41) is 12.3. The van der Waals surface area contributed by atoms with Crippen molar-refractivity contribution in [2.75, 3.05) is 30.0 Å². The maximum Gasteiger partial charge on any atom is 0.255 e. The third-order valence-corrected chi connectivity index (χ3v) is 9.67. The van der Waals surface area contributed by atoms with Crippen LogP contribution in [0.2, 0.25) is 0 Å². The highest BCUT2D eigenvalue weighted by Crippen LogP contribution is 2.26. The number of halogens is 2. The first-order valence-electron chi connectivity index (χ1n) is 8.40. The molecule has 0 spiro atoms. The summed E-state index contributed by atoms with van der Waals surface area (Å²) >= 11 is 7.17. The Bertz CT molecular complexity index is 970. The maximum atomic E-state index is 12.9. The van der Waals surface area contributed by atoms with Gasteiger partial charge in [0.25, 0.3) is 5.91 Å². The van der Waals surface area contributed by atoms with Crippen molar-refractivity contribution < 1.29 is 18.3 Å². The van der Waals surface area contributed by atoms with E-state index < -0.39 is 16.1 Å².